The highest BCUT2D eigenvalue weighted by molar-refractivity contribution is 5.89. The summed E-state index contributed by atoms with van der Waals surface area (Å²) in [6.07, 6.45) is 3.93. The van der Waals surface area contributed by atoms with E-state index < -0.39 is 5.97 Å². The first-order valence-electron chi connectivity index (χ1n) is 9.67. The summed E-state index contributed by atoms with van der Waals surface area (Å²) in [4.78, 5) is 16.1. The molecule has 1 heterocycles. The second-order valence-corrected chi connectivity index (χ2v) is 7.02. The summed E-state index contributed by atoms with van der Waals surface area (Å²) in [6.45, 7) is 1.91. The maximum atomic E-state index is 11.4. The molecule has 0 N–H and O–H groups in total. The molecule has 148 valence electrons. The van der Waals surface area contributed by atoms with Crippen LogP contribution in [0.15, 0.2) is 78.9 Å². The van der Waals surface area contributed by atoms with Crippen molar-refractivity contribution in [2.75, 3.05) is 0 Å². The third-order valence-corrected chi connectivity index (χ3v) is 4.88. The van der Waals surface area contributed by atoms with Crippen molar-refractivity contribution < 1.29 is 14.6 Å². The number of rotatable bonds is 6. The van der Waals surface area contributed by atoms with E-state index in [0.29, 0.717) is 16.9 Å². The minimum absolute atomic E-state index is 0.157. The Labute approximate surface area is 175 Å². The predicted octanol–water partition coefficient (Wildman–Crippen LogP) is 4.66. The number of hydrogen-bond donors (Lipinski definition) is 0. The molecule has 0 aliphatic rings. The van der Waals surface area contributed by atoms with Crippen molar-refractivity contribution in [2.45, 2.75) is 13.5 Å². The molecule has 0 saturated heterocycles. The molecule has 30 heavy (non-hydrogen) atoms. The average molecular weight is 394 g/mol. The van der Waals surface area contributed by atoms with Crippen molar-refractivity contribution >= 4 is 29.0 Å². The molecule has 0 radical (unpaired) electrons. The third kappa shape index (κ3) is 4.39. The topological polar surface area (TPSA) is 62.2 Å². The molecular formula is C26H20NO3-. The summed E-state index contributed by atoms with van der Waals surface area (Å²) >= 11 is 0. The fraction of sp³-hybridized carbons (Fsp3) is 0.0769. The zero-order valence-corrected chi connectivity index (χ0v) is 16.5. The first kappa shape index (κ1) is 19.4. The normalized spacial score (nSPS) is 11.1. The van der Waals surface area contributed by atoms with Crippen LogP contribution in [0.5, 0.6) is 5.75 Å². The van der Waals surface area contributed by atoms with E-state index in [-0.39, 0.29) is 12.2 Å². The van der Waals surface area contributed by atoms with Crippen molar-refractivity contribution in [1.82, 2.24) is 4.98 Å². The number of carbonyl (C=O) groups is 1. The molecule has 0 amide bonds. The summed E-state index contributed by atoms with van der Waals surface area (Å²) in [5.74, 6) is -0.527. The van der Waals surface area contributed by atoms with Gasteiger partial charge in [-0.1, -0.05) is 60.7 Å². The van der Waals surface area contributed by atoms with Gasteiger partial charge in [-0.25, -0.2) is 4.98 Å². The number of fused-ring (bicyclic) bond motifs is 1. The molecule has 0 aliphatic carbocycles. The van der Waals surface area contributed by atoms with Crippen LogP contribution in [0.25, 0.3) is 23.1 Å². The second kappa shape index (κ2) is 8.62. The van der Waals surface area contributed by atoms with E-state index >= 15 is 0 Å². The monoisotopic (exact) mass is 394 g/mol. The number of carbonyl (C=O) groups excluding carboxylic acids is 1. The van der Waals surface area contributed by atoms with Gasteiger partial charge in [-0.3, -0.25) is 0 Å². The Morgan fingerprint density at radius 2 is 1.80 bits per heavy atom. The van der Waals surface area contributed by atoms with E-state index in [4.69, 9.17) is 4.74 Å². The molecule has 0 fully saturated rings. The van der Waals surface area contributed by atoms with Crippen molar-refractivity contribution in [3.05, 3.63) is 107 Å². The Bertz CT molecular complexity index is 1240. The van der Waals surface area contributed by atoms with Gasteiger partial charge in [0, 0.05) is 10.9 Å². The molecule has 4 heteroatoms. The lowest BCUT2D eigenvalue weighted by molar-refractivity contribution is -0.255. The van der Waals surface area contributed by atoms with E-state index in [1.807, 2.05) is 72.8 Å². The van der Waals surface area contributed by atoms with E-state index in [2.05, 4.69) is 11.1 Å². The van der Waals surface area contributed by atoms with Gasteiger partial charge in [0.1, 0.15) is 12.4 Å². The van der Waals surface area contributed by atoms with Crippen LogP contribution in [0.2, 0.25) is 0 Å². The number of para-hydroxylation sites is 1. The first-order chi connectivity index (χ1) is 14.6. The lowest BCUT2D eigenvalue weighted by atomic mass is 10.0. The first-order valence-corrected chi connectivity index (χ1v) is 9.67. The second-order valence-electron chi connectivity index (χ2n) is 7.02. The van der Waals surface area contributed by atoms with Crippen LogP contribution >= 0.6 is 0 Å². The van der Waals surface area contributed by atoms with Gasteiger partial charge in [0.25, 0.3) is 0 Å². The van der Waals surface area contributed by atoms with Gasteiger partial charge in [-0.15, -0.1) is 0 Å². The highest BCUT2D eigenvalue weighted by Gasteiger charge is 2.07. The molecule has 0 atom stereocenters. The van der Waals surface area contributed by atoms with Crippen LogP contribution < -0.4 is 9.84 Å². The lowest BCUT2D eigenvalue weighted by Gasteiger charge is -2.14. The number of aryl methyl sites for hydroxylation is 1. The number of aromatic nitrogens is 1. The average Bonchev–Trinajstić information content (AvgIpc) is 2.76. The summed E-state index contributed by atoms with van der Waals surface area (Å²) in [6, 6.07) is 25.0. The highest BCUT2D eigenvalue weighted by Crippen LogP contribution is 2.20. The van der Waals surface area contributed by atoms with Crippen molar-refractivity contribution in [1.29, 1.82) is 0 Å². The summed E-state index contributed by atoms with van der Waals surface area (Å²) < 4.78 is 5.85. The molecule has 3 aromatic carbocycles. The van der Waals surface area contributed by atoms with E-state index in [1.165, 1.54) is 0 Å². The summed E-state index contributed by atoms with van der Waals surface area (Å²) in [5, 5.41) is 12.5. The van der Waals surface area contributed by atoms with Gasteiger partial charge in [-0.05, 0) is 54.0 Å². The molecular weight excluding hydrogens is 374 g/mol. The number of aromatic carboxylic acids is 1. The van der Waals surface area contributed by atoms with E-state index in [1.54, 1.807) is 19.1 Å². The van der Waals surface area contributed by atoms with Crippen LogP contribution in [-0.2, 0) is 6.61 Å². The minimum atomic E-state index is -1.19. The van der Waals surface area contributed by atoms with Gasteiger partial charge in [-0.2, -0.15) is 0 Å². The Hall–Kier alpha value is -3.92. The Morgan fingerprint density at radius 3 is 2.67 bits per heavy atom. The quantitative estimate of drug-likeness (QED) is 0.477. The zero-order chi connectivity index (χ0) is 20.9. The molecule has 4 nitrogen and oxygen atoms in total. The summed E-state index contributed by atoms with van der Waals surface area (Å²) in [5.41, 5.74) is 4.24. The maximum Gasteiger partial charge on any atom is 0.120 e. The standard InChI is InChI=1S/C26H21NO3/c1-18-6-4-9-21(25(18)26(28)29)17-30-23-10-5-7-19(16-23)12-14-22-15-13-20-8-2-3-11-24(20)27-22/h2-16H,17H2,1H3,(H,28,29)/p-1/b14-12+. The van der Waals surface area contributed by atoms with Gasteiger partial charge >= 0.3 is 0 Å². The number of carboxylic acids is 1. The number of ether oxygens (including phenoxy) is 1. The SMILES string of the molecule is Cc1cccc(COc2cccc(/C=C/c3ccc4ccccc4n3)c2)c1C(=O)[O-]. The van der Waals surface area contributed by atoms with Crippen molar-refractivity contribution in [2.24, 2.45) is 0 Å². The molecule has 0 spiro atoms. The lowest BCUT2D eigenvalue weighted by Crippen LogP contribution is -2.25. The van der Waals surface area contributed by atoms with Gasteiger partial charge in [0.05, 0.1) is 17.2 Å². The Kier molecular flexibility index (Phi) is 5.57. The van der Waals surface area contributed by atoms with Crippen LogP contribution in [0.4, 0.5) is 0 Å². The summed E-state index contributed by atoms with van der Waals surface area (Å²) in [7, 11) is 0. The molecule has 0 bridgehead atoms. The number of hydrogen-bond acceptors (Lipinski definition) is 4. The minimum Gasteiger partial charge on any atom is -0.545 e. The number of nitrogens with zero attached hydrogens (tertiary/aromatic N) is 1. The van der Waals surface area contributed by atoms with E-state index in [9.17, 15) is 9.90 Å². The van der Waals surface area contributed by atoms with E-state index in [0.717, 1.165) is 22.2 Å². The fourth-order valence-corrected chi connectivity index (χ4v) is 3.37. The highest BCUT2D eigenvalue weighted by atomic mass is 16.5. The number of benzene rings is 3. The van der Waals surface area contributed by atoms with Crippen molar-refractivity contribution in [3.8, 4) is 5.75 Å². The molecule has 0 saturated carbocycles. The number of carboxylic acid groups (broad SMARTS) is 1. The largest absolute Gasteiger partial charge is 0.545 e. The molecule has 1 aromatic heterocycles. The molecule has 0 aliphatic heterocycles. The van der Waals surface area contributed by atoms with Crippen LogP contribution in [0, 0.1) is 6.92 Å². The number of pyridine rings is 1. The van der Waals surface area contributed by atoms with Crippen LogP contribution in [-0.4, -0.2) is 11.0 Å². The van der Waals surface area contributed by atoms with Gasteiger partial charge in [0.15, 0.2) is 0 Å². The molecule has 0 unspecified atom stereocenters. The Morgan fingerprint density at radius 1 is 0.967 bits per heavy atom. The molecule has 4 aromatic rings. The third-order valence-electron chi connectivity index (χ3n) is 4.88. The smallest absolute Gasteiger partial charge is 0.120 e. The fourth-order valence-electron chi connectivity index (χ4n) is 3.37. The molecule has 4 rings (SSSR count). The van der Waals surface area contributed by atoms with Crippen LogP contribution in [0.1, 0.15) is 32.7 Å². The van der Waals surface area contributed by atoms with Crippen molar-refractivity contribution in [3.63, 3.8) is 0 Å². The zero-order valence-electron chi connectivity index (χ0n) is 16.5. The van der Waals surface area contributed by atoms with Gasteiger partial charge in [0.2, 0.25) is 0 Å². The maximum absolute atomic E-state index is 11.4. The van der Waals surface area contributed by atoms with Crippen LogP contribution in [0.3, 0.4) is 0 Å². The predicted molar refractivity (Wildman–Crippen MR) is 117 cm³/mol. The Balaban J connectivity index is 1.49. The van der Waals surface area contributed by atoms with Gasteiger partial charge < -0.3 is 14.6 Å².